The molecule has 0 radical (unpaired) electrons. The number of hydrogen-bond acceptors (Lipinski definition) is 3. The zero-order valence-electron chi connectivity index (χ0n) is 9.37. The highest BCUT2D eigenvalue weighted by atomic mass is 16.5. The van der Waals surface area contributed by atoms with E-state index in [1.807, 2.05) is 4.90 Å². The third-order valence-corrected chi connectivity index (χ3v) is 3.32. The zero-order valence-corrected chi connectivity index (χ0v) is 9.37. The number of morpholine rings is 1. The molecule has 2 rings (SSSR count). The van der Waals surface area contributed by atoms with Crippen LogP contribution in [0.5, 0.6) is 0 Å². The van der Waals surface area contributed by atoms with Crippen LogP contribution in [0.3, 0.4) is 0 Å². The van der Waals surface area contributed by atoms with Crippen molar-refractivity contribution in [1.29, 1.82) is 0 Å². The Morgan fingerprint density at radius 2 is 2.47 bits per heavy atom. The maximum absolute atomic E-state index is 12.1. The van der Waals surface area contributed by atoms with Crippen molar-refractivity contribution in [2.75, 3.05) is 32.8 Å². The minimum Gasteiger partial charge on any atom is -0.375 e. The minimum absolute atomic E-state index is 0.209. The van der Waals surface area contributed by atoms with Crippen molar-refractivity contribution in [2.45, 2.75) is 25.9 Å². The van der Waals surface area contributed by atoms with Gasteiger partial charge in [-0.05, 0) is 19.4 Å². The fourth-order valence-corrected chi connectivity index (χ4v) is 2.29. The average Bonchev–Trinajstić information content (AvgIpc) is 2.81. The number of carbonyl (C=O) groups excluding carboxylic acids is 1. The molecule has 4 heteroatoms. The molecular formula is C11H20N2O2. The molecule has 2 aliphatic heterocycles. The lowest BCUT2D eigenvalue weighted by Gasteiger charge is -2.33. The van der Waals surface area contributed by atoms with E-state index in [0.717, 1.165) is 39.0 Å². The first-order valence-electron chi connectivity index (χ1n) is 5.92. The third kappa shape index (κ3) is 2.49. The molecule has 2 saturated heterocycles. The molecule has 2 heterocycles. The maximum Gasteiger partial charge on any atom is 0.227 e. The van der Waals surface area contributed by atoms with Gasteiger partial charge in [-0.15, -0.1) is 0 Å². The zero-order chi connectivity index (χ0) is 10.7. The number of nitrogens with zero attached hydrogens (tertiary/aromatic N) is 1. The number of rotatable bonds is 2. The summed E-state index contributed by atoms with van der Waals surface area (Å²) in [4.78, 5) is 14.1. The van der Waals surface area contributed by atoms with Crippen LogP contribution in [0, 0.1) is 5.92 Å². The van der Waals surface area contributed by atoms with Crippen LogP contribution >= 0.6 is 0 Å². The normalized spacial score (nSPS) is 31.9. The summed E-state index contributed by atoms with van der Waals surface area (Å²) in [5.74, 6) is 0.530. The number of carbonyl (C=O) groups is 1. The molecule has 4 nitrogen and oxygen atoms in total. The maximum atomic E-state index is 12.1. The minimum atomic E-state index is 0.209. The molecule has 1 N–H and O–H groups in total. The molecule has 2 atom stereocenters. The van der Waals surface area contributed by atoms with Gasteiger partial charge in [-0.25, -0.2) is 0 Å². The largest absolute Gasteiger partial charge is 0.375 e. The molecule has 0 aromatic carbocycles. The van der Waals surface area contributed by atoms with Gasteiger partial charge in [-0.3, -0.25) is 4.79 Å². The predicted molar refractivity (Wildman–Crippen MR) is 57.6 cm³/mol. The van der Waals surface area contributed by atoms with Gasteiger partial charge in [0, 0.05) is 19.6 Å². The van der Waals surface area contributed by atoms with Crippen molar-refractivity contribution in [3.05, 3.63) is 0 Å². The predicted octanol–water partition coefficient (Wildman–Crippen LogP) is 0.233. The van der Waals surface area contributed by atoms with E-state index in [9.17, 15) is 4.79 Å². The van der Waals surface area contributed by atoms with E-state index < -0.39 is 0 Å². The Balaban J connectivity index is 1.88. The number of ether oxygens (including phenoxy) is 1. The fraction of sp³-hybridized carbons (Fsp3) is 0.909. The molecule has 2 fully saturated rings. The summed E-state index contributed by atoms with van der Waals surface area (Å²) in [6.07, 6.45) is 2.23. The van der Waals surface area contributed by atoms with Crippen molar-refractivity contribution in [2.24, 2.45) is 5.92 Å². The highest BCUT2D eigenvalue weighted by Crippen LogP contribution is 2.15. The Hall–Kier alpha value is -0.610. The monoisotopic (exact) mass is 212 g/mol. The summed E-state index contributed by atoms with van der Waals surface area (Å²) in [7, 11) is 0. The molecule has 15 heavy (non-hydrogen) atoms. The molecule has 0 bridgehead atoms. The first-order chi connectivity index (χ1) is 7.31. The van der Waals surface area contributed by atoms with E-state index in [1.54, 1.807) is 0 Å². The third-order valence-electron chi connectivity index (χ3n) is 3.32. The Morgan fingerprint density at radius 1 is 1.60 bits per heavy atom. The van der Waals surface area contributed by atoms with Gasteiger partial charge in [0.1, 0.15) is 0 Å². The quantitative estimate of drug-likeness (QED) is 0.712. The molecule has 1 amide bonds. The van der Waals surface area contributed by atoms with Gasteiger partial charge < -0.3 is 15.0 Å². The van der Waals surface area contributed by atoms with Gasteiger partial charge >= 0.3 is 0 Å². The second kappa shape index (κ2) is 4.94. The van der Waals surface area contributed by atoms with E-state index >= 15 is 0 Å². The lowest BCUT2D eigenvalue weighted by molar-refractivity contribution is -0.142. The summed E-state index contributed by atoms with van der Waals surface area (Å²) in [6, 6.07) is 0. The van der Waals surface area contributed by atoms with Crippen LogP contribution in [0.4, 0.5) is 0 Å². The molecule has 86 valence electrons. The van der Waals surface area contributed by atoms with Gasteiger partial charge in [0.05, 0.1) is 18.6 Å². The molecule has 0 spiro atoms. The summed E-state index contributed by atoms with van der Waals surface area (Å²) < 4.78 is 5.56. The van der Waals surface area contributed by atoms with E-state index in [2.05, 4.69) is 12.2 Å². The first-order valence-corrected chi connectivity index (χ1v) is 5.92. The van der Waals surface area contributed by atoms with Crippen LogP contribution in [0.1, 0.15) is 19.8 Å². The Bertz CT molecular complexity index is 227. The van der Waals surface area contributed by atoms with Crippen LogP contribution < -0.4 is 5.32 Å². The van der Waals surface area contributed by atoms with Gasteiger partial charge in [0.25, 0.3) is 0 Å². The molecule has 2 aliphatic rings. The van der Waals surface area contributed by atoms with Gasteiger partial charge in [0.2, 0.25) is 5.91 Å². The van der Waals surface area contributed by atoms with Crippen LogP contribution in [0.25, 0.3) is 0 Å². The Morgan fingerprint density at radius 3 is 3.13 bits per heavy atom. The van der Waals surface area contributed by atoms with Crippen molar-refractivity contribution in [3.63, 3.8) is 0 Å². The number of nitrogens with one attached hydrogen (secondary N) is 1. The highest BCUT2D eigenvalue weighted by Gasteiger charge is 2.30. The summed E-state index contributed by atoms with van der Waals surface area (Å²) in [5.41, 5.74) is 0. The smallest absolute Gasteiger partial charge is 0.227 e. The van der Waals surface area contributed by atoms with Crippen molar-refractivity contribution in [3.8, 4) is 0 Å². The van der Waals surface area contributed by atoms with E-state index in [0.29, 0.717) is 12.5 Å². The number of amides is 1. The van der Waals surface area contributed by atoms with Crippen molar-refractivity contribution < 1.29 is 9.53 Å². The average molecular weight is 212 g/mol. The van der Waals surface area contributed by atoms with E-state index in [1.165, 1.54) is 0 Å². The van der Waals surface area contributed by atoms with Gasteiger partial charge in [-0.1, -0.05) is 6.92 Å². The molecule has 0 aliphatic carbocycles. The van der Waals surface area contributed by atoms with Crippen LogP contribution in [-0.2, 0) is 9.53 Å². The van der Waals surface area contributed by atoms with Gasteiger partial charge in [-0.2, -0.15) is 0 Å². The molecule has 1 unspecified atom stereocenters. The van der Waals surface area contributed by atoms with Crippen LogP contribution in [0.15, 0.2) is 0 Å². The van der Waals surface area contributed by atoms with Gasteiger partial charge in [0.15, 0.2) is 0 Å². The lowest BCUT2D eigenvalue weighted by Crippen LogP contribution is -2.47. The topological polar surface area (TPSA) is 41.6 Å². The molecule has 0 aromatic heterocycles. The second-order valence-corrected chi connectivity index (χ2v) is 4.38. The first kappa shape index (κ1) is 10.9. The molecule has 0 saturated carbocycles. The SMILES string of the molecule is CCC1CN(C(=O)[C@H]2CCNC2)CCO1. The lowest BCUT2D eigenvalue weighted by atomic mass is 10.1. The summed E-state index contributed by atoms with van der Waals surface area (Å²) in [5, 5.41) is 3.24. The van der Waals surface area contributed by atoms with Crippen molar-refractivity contribution >= 4 is 5.91 Å². The molecular weight excluding hydrogens is 192 g/mol. The Labute approximate surface area is 91.0 Å². The van der Waals surface area contributed by atoms with E-state index in [-0.39, 0.29) is 12.0 Å². The Kier molecular flexibility index (Phi) is 3.59. The standard InChI is InChI=1S/C11H20N2O2/c1-2-10-8-13(5-6-15-10)11(14)9-3-4-12-7-9/h9-10,12H,2-8H2,1H3/t9-,10?/m0/s1. The summed E-state index contributed by atoms with van der Waals surface area (Å²) in [6.45, 7) is 6.20. The second-order valence-electron chi connectivity index (χ2n) is 4.38. The highest BCUT2D eigenvalue weighted by molar-refractivity contribution is 5.79. The van der Waals surface area contributed by atoms with Crippen LogP contribution in [-0.4, -0.2) is 49.7 Å². The number of hydrogen-bond donors (Lipinski definition) is 1. The van der Waals surface area contributed by atoms with Crippen LogP contribution in [0.2, 0.25) is 0 Å². The summed E-state index contributed by atoms with van der Waals surface area (Å²) >= 11 is 0. The van der Waals surface area contributed by atoms with Crippen molar-refractivity contribution in [1.82, 2.24) is 10.2 Å². The fourth-order valence-electron chi connectivity index (χ4n) is 2.29. The van der Waals surface area contributed by atoms with E-state index in [4.69, 9.17) is 4.74 Å². The molecule has 0 aromatic rings.